The molecule has 25 heavy (non-hydrogen) atoms. The third-order valence-corrected chi connectivity index (χ3v) is 4.80. The molecule has 1 atom stereocenters. The first-order valence-electron chi connectivity index (χ1n) is 7.97. The van der Waals surface area contributed by atoms with Crippen molar-refractivity contribution >= 4 is 35.1 Å². The first-order valence-corrected chi connectivity index (χ1v) is 8.73. The van der Waals surface area contributed by atoms with Gasteiger partial charge in [0.25, 0.3) is 5.91 Å². The summed E-state index contributed by atoms with van der Waals surface area (Å²) in [6.45, 7) is 4.26. The number of hydrogen-bond acceptors (Lipinski definition) is 5. The minimum Gasteiger partial charge on any atom is -0.479 e. The van der Waals surface area contributed by atoms with Gasteiger partial charge in [-0.25, -0.2) is 9.97 Å². The van der Waals surface area contributed by atoms with Crippen molar-refractivity contribution in [2.75, 3.05) is 31.1 Å². The van der Waals surface area contributed by atoms with Gasteiger partial charge in [0.15, 0.2) is 6.10 Å². The predicted octanol–water partition coefficient (Wildman–Crippen LogP) is 2.90. The molecule has 2 aromatic rings. The maximum absolute atomic E-state index is 12.6. The number of aromatic nitrogens is 2. The zero-order valence-electron chi connectivity index (χ0n) is 13.7. The van der Waals surface area contributed by atoms with E-state index >= 15 is 0 Å². The fourth-order valence-electron chi connectivity index (χ4n) is 2.65. The smallest absolute Gasteiger partial charge is 0.263 e. The lowest BCUT2D eigenvalue weighted by atomic mass is 10.2. The standard InChI is InChI=1S/C17H18Cl2N4O2/c1-12(25-14-5-2-4-13(18)15(14)19)16(24)22-8-10-23(11-9-22)17-20-6-3-7-21-17/h2-7,12H,8-11H2,1H3/t12-/m1/s1. The molecule has 3 rings (SSSR count). The fourth-order valence-corrected chi connectivity index (χ4v) is 2.99. The van der Waals surface area contributed by atoms with Crippen LogP contribution < -0.4 is 9.64 Å². The molecular formula is C17H18Cl2N4O2. The summed E-state index contributed by atoms with van der Waals surface area (Å²) in [4.78, 5) is 24.9. The molecule has 1 aromatic heterocycles. The number of halogens is 2. The Morgan fingerprint density at radius 3 is 2.48 bits per heavy atom. The van der Waals surface area contributed by atoms with Gasteiger partial charge in [-0.05, 0) is 25.1 Å². The highest BCUT2D eigenvalue weighted by Gasteiger charge is 2.27. The van der Waals surface area contributed by atoms with Gasteiger partial charge < -0.3 is 14.5 Å². The Morgan fingerprint density at radius 2 is 1.80 bits per heavy atom. The van der Waals surface area contributed by atoms with Gasteiger partial charge in [0.05, 0.1) is 5.02 Å². The fraction of sp³-hybridized carbons (Fsp3) is 0.353. The second-order valence-electron chi connectivity index (χ2n) is 5.67. The van der Waals surface area contributed by atoms with Gasteiger partial charge in [-0.3, -0.25) is 4.79 Å². The van der Waals surface area contributed by atoms with E-state index in [0.717, 1.165) is 0 Å². The van der Waals surface area contributed by atoms with Crippen LogP contribution in [-0.2, 0) is 4.79 Å². The Hall–Kier alpha value is -2.05. The summed E-state index contributed by atoms with van der Waals surface area (Å²) in [6, 6.07) is 6.89. The number of amides is 1. The molecule has 0 N–H and O–H groups in total. The zero-order valence-corrected chi connectivity index (χ0v) is 15.2. The molecule has 1 amide bonds. The Balaban J connectivity index is 1.58. The van der Waals surface area contributed by atoms with Crippen LogP contribution in [0.4, 0.5) is 5.95 Å². The molecule has 0 saturated carbocycles. The van der Waals surface area contributed by atoms with Crippen molar-refractivity contribution in [3.05, 3.63) is 46.7 Å². The van der Waals surface area contributed by atoms with Crippen molar-refractivity contribution in [3.8, 4) is 5.75 Å². The number of anilines is 1. The predicted molar refractivity (Wildman–Crippen MR) is 97.4 cm³/mol. The molecule has 0 aliphatic carbocycles. The SMILES string of the molecule is C[C@@H](Oc1cccc(Cl)c1Cl)C(=O)N1CCN(c2ncccn2)CC1. The van der Waals surface area contributed by atoms with Gasteiger partial charge in [0.1, 0.15) is 10.8 Å². The minimum atomic E-state index is -0.643. The molecule has 132 valence electrons. The highest BCUT2D eigenvalue weighted by molar-refractivity contribution is 6.42. The third kappa shape index (κ3) is 4.14. The number of benzene rings is 1. The third-order valence-electron chi connectivity index (χ3n) is 3.99. The Labute approximate surface area is 156 Å². The maximum Gasteiger partial charge on any atom is 0.263 e. The quantitative estimate of drug-likeness (QED) is 0.815. The molecule has 0 radical (unpaired) electrons. The second kappa shape index (κ2) is 7.89. The number of rotatable bonds is 4. The highest BCUT2D eigenvalue weighted by Crippen LogP contribution is 2.32. The summed E-state index contributed by atoms with van der Waals surface area (Å²) in [6.07, 6.45) is 2.78. The lowest BCUT2D eigenvalue weighted by Gasteiger charge is -2.35. The van der Waals surface area contributed by atoms with Crippen LogP contribution in [-0.4, -0.2) is 53.1 Å². The monoisotopic (exact) mass is 380 g/mol. The van der Waals surface area contributed by atoms with Crippen LogP contribution in [0.25, 0.3) is 0 Å². The van der Waals surface area contributed by atoms with Crippen LogP contribution in [0.2, 0.25) is 10.0 Å². The Kier molecular flexibility index (Phi) is 5.60. The number of carbonyl (C=O) groups is 1. The molecular weight excluding hydrogens is 363 g/mol. The van der Waals surface area contributed by atoms with E-state index < -0.39 is 6.10 Å². The topological polar surface area (TPSA) is 58.6 Å². The zero-order chi connectivity index (χ0) is 17.8. The van der Waals surface area contributed by atoms with Gasteiger partial charge in [-0.2, -0.15) is 0 Å². The molecule has 1 saturated heterocycles. The van der Waals surface area contributed by atoms with Crippen molar-refractivity contribution in [1.82, 2.24) is 14.9 Å². The van der Waals surface area contributed by atoms with E-state index in [-0.39, 0.29) is 5.91 Å². The van der Waals surface area contributed by atoms with Gasteiger partial charge in [0.2, 0.25) is 5.95 Å². The van der Waals surface area contributed by atoms with Crippen molar-refractivity contribution in [2.24, 2.45) is 0 Å². The molecule has 2 heterocycles. The number of carbonyl (C=O) groups excluding carboxylic acids is 1. The molecule has 0 spiro atoms. The molecule has 0 bridgehead atoms. The molecule has 1 aliphatic heterocycles. The summed E-state index contributed by atoms with van der Waals surface area (Å²) in [7, 11) is 0. The average molecular weight is 381 g/mol. The van der Waals surface area contributed by atoms with Crippen LogP contribution in [0.15, 0.2) is 36.7 Å². The summed E-state index contributed by atoms with van der Waals surface area (Å²) in [5.41, 5.74) is 0. The number of ether oxygens (including phenoxy) is 1. The van der Waals surface area contributed by atoms with Crippen molar-refractivity contribution in [3.63, 3.8) is 0 Å². The van der Waals surface area contributed by atoms with Crippen molar-refractivity contribution in [2.45, 2.75) is 13.0 Å². The van der Waals surface area contributed by atoms with Gasteiger partial charge in [0, 0.05) is 38.6 Å². The summed E-state index contributed by atoms with van der Waals surface area (Å²) < 4.78 is 5.71. The van der Waals surface area contributed by atoms with Gasteiger partial charge in [-0.15, -0.1) is 0 Å². The Bertz CT molecular complexity index is 737. The van der Waals surface area contributed by atoms with Gasteiger partial charge >= 0.3 is 0 Å². The van der Waals surface area contributed by atoms with E-state index in [9.17, 15) is 4.79 Å². The van der Waals surface area contributed by atoms with Crippen LogP contribution in [0.1, 0.15) is 6.92 Å². The molecule has 1 fully saturated rings. The van der Waals surface area contributed by atoms with Crippen LogP contribution >= 0.6 is 23.2 Å². The van der Waals surface area contributed by atoms with E-state index in [4.69, 9.17) is 27.9 Å². The number of piperazine rings is 1. The van der Waals surface area contributed by atoms with Gasteiger partial charge in [-0.1, -0.05) is 29.3 Å². The molecule has 0 unspecified atom stereocenters. The molecule has 1 aliphatic rings. The largest absolute Gasteiger partial charge is 0.479 e. The molecule has 1 aromatic carbocycles. The average Bonchev–Trinajstić information content (AvgIpc) is 2.65. The van der Waals surface area contributed by atoms with Crippen molar-refractivity contribution < 1.29 is 9.53 Å². The van der Waals surface area contributed by atoms with Crippen LogP contribution in [0.5, 0.6) is 5.75 Å². The van der Waals surface area contributed by atoms with E-state index in [0.29, 0.717) is 47.9 Å². The summed E-state index contributed by atoms with van der Waals surface area (Å²) in [5.74, 6) is 1.01. The van der Waals surface area contributed by atoms with Crippen molar-refractivity contribution in [1.29, 1.82) is 0 Å². The maximum atomic E-state index is 12.6. The minimum absolute atomic E-state index is 0.0790. The lowest BCUT2D eigenvalue weighted by Crippen LogP contribution is -2.52. The van der Waals surface area contributed by atoms with E-state index in [1.54, 1.807) is 48.5 Å². The van der Waals surface area contributed by atoms with Crippen LogP contribution in [0, 0.1) is 0 Å². The summed E-state index contributed by atoms with van der Waals surface area (Å²) in [5, 5.41) is 0.713. The molecule has 6 nitrogen and oxygen atoms in total. The Morgan fingerprint density at radius 1 is 1.12 bits per heavy atom. The van der Waals surface area contributed by atoms with Crippen LogP contribution in [0.3, 0.4) is 0 Å². The lowest BCUT2D eigenvalue weighted by molar-refractivity contribution is -0.138. The first-order chi connectivity index (χ1) is 12.1. The normalized spacial score (nSPS) is 15.8. The second-order valence-corrected chi connectivity index (χ2v) is 6.46. The summed E-state index contributed by atoms with van der Waals surface area (Å²) >= 11 is 12.1. The van der Waals surface area contributed by atoms with E-state index in [1.165, 1.54) is 0 Å². The van der Waals surface area contributed by atoms with E-state index in [2.05, 4.69) is 14.9 Å². The molecule has 8 heteroatoms. The first kappa shape index (κ1) is 17.8. The highest BCUT2D eigenvalue weighted by atomic mass is 35.5. The number of nitrogens with zero attached hydrogens (tertiary/aromatic N) is 4. The number of hydrogen-bond donors (Lipinski definition) is 0. The van der Waals surface area contributed by atoms with E-state index in [1.807, 2.05) is 0 Å².